The predicted molar refractivity (Wildman–Crippen MR) is 119 cm³/mol. The molecule has 0 fully saturated rings. The van der Waals surface area contributed by atoms with E-state index < -0.39 is 0 Å². The Morgan fingerprint density at radius 2 is 1.86 bits per heavy atom. The largest absolute Gasteiger partial charge is 0.355 e. The van der Waals surface area contributed by atoms with Crippen molar-refractivity contribution in [3.05, 3.63) is 64.9 Å². The molecule has 0 aliphatic carbocycles. The first-order valence-electron chi connectivity index (χ1n) is 10.1. The molecule has 0 aliphatic rings. The summed E-state index contributed by atoms with van der Waals surface area (Å²) in [5.41, 5.74) is 1.94. The smallest absolute Gasteiger partial charge is 0.222 e. The number of fused-ring (bicyclic) bond motifs is 1. The van der Waals surface area contributed by atoms with E-state index in [9.17, 15) is 4.79 Å². The molecule has 0 atom stereocenters. The third-order valence-electron chi connectivity index (χ3n) is 4.74. The van der Waals surface area contributed by atoms with Gasteiger partial charge in [0.05, 0.1) is 5.52 Å². The van der Waals surface area contributed by atoms with Crippen LogP contribution in [0.4, 0.5) is 5.82 Å². The fraction of sp³-hybridized carbons (Fsp3) is 0.348. The number of halogens is 1. The summed E-state index contributed by atoms with van der Waals surface area (Å²) in [4.78, 5) is 24.0. The first-order chi connectivity index (χ1) is 14.1. The minimum Gasteiger partial charge on any atom is -0.355 e. The molecule has 3 aromatic rings. The van der Waals surface area contributed by atoms with Gasteiger partial charge in [0.2, 0.25) is 5.91 Å². The van der Waals surface area contributed by atoms with Gasteiger partial charge >= 0.3 is 0 Å². The lowest BCUT2D eigenvalue weighted by Crippen LogP contribution is -2.32. The Balaban J connectivity index is 1.74. The predicted octanol–water partition coefficient (Wildman–Crippen LogP) is 4.77. The van der Waals surface area contributed by atoms with Crippen LogP contribution in [-0.2, 0) is 17.8 Å². The van der Waals surface area contributed by atoms with Gasteiger partial charge in [-0.05, 0) is 30.2 Å². The molecule has 1 aromatic heterocycles. The second-order valence-corrected chi connectivity index (χ2v) is 7.41. The second-order valence-electron chi connectivity index (χ2n) is 6.98. The van der Waals surface area contributed by atoms with Crippen molar-refractivity contribution in [3.8, 4) is 0 Å². The van der Waals surface area contributed by atoms with Crippen LogP contribution in [0.25, 0.3) is 10.9 Å². The van der Waals surface area contributed by atoms with Gasteiger partial charge in [-0.15, -0.1) is 0 Å². The number of nitrogens with one attached hydrogen (secondary N) is 1. The summed E-state index contributed by atoms with van der Waals surface area (Å²) in [6.45, 7) is 6.14. The number of hydrogen-bond donors (Lipinski definition) is 1. The Morgan fingerprint density at radius 3 is 2.59 bits per heavy atom. The van der Waals surface area contributed by atoms with E-state index in [2.05, 4.69) is 22.1 Å². The van der Waals surface area contributed by atoms with Crippen LogP contribution in [0.3, 0.4) is 0 Å². The number of carbonyl (C=O) groups excluding carboxylic acids is 1. The summed E-state index contributed by atoms with van der Waals surface area (Å²) >= 11 is 6.17. The SMILES string of the molecule is CCCN(CCC(=O)NCc1ccccc1)c1nc(CC)nc2cc(Cl)ccc12. The number of aromatic nitrogens is 2. The Morgan fingerprint density at radius 1 is 1.07 bits per heavy atom. The highest BCUT2D eigenvalue weighted by Crippen LogP contribution is 2.27. The molecule has 6 heteroatoms. The first-order valence-corrected chi connectivity index (χ1v) is 10.5. The lowest BCUT2D eigenvalue weighted by molar-refractivity contribution is -0.121. The fourth-order valence-corrected chi connectivity index (χ4v) is 3.41. The quantitative estimate of drug-likeness (QED) is 0.552. The number of anilines is 1. The highest BCUT2D eigenvalue weighted by molar-refractivity contribution is 6.31. The van der Waals surface area contributed by atoms with Gasteiger partial charge < -0.3 is 10.2 Å². The van der Waals surface area contributed by atoms with Gasteiger partial charge in [-0.2, -0.15) is 0 Å². The van der Waals surface area contributed by atoms with E-state index in [1.54, 1.807) is 0 Å². The summed E-state index contributed by atoms with van der Waals surface area (Å²) in [6, 6.07) is 15.6. The number of benzene rings is 2. The van der Waals surface area contributed by atoms with E-state index in [-0.39, 0.29) is 5.91 Å². The molecule has 0 unspecified atom stereocenters. The topological polar surface area (TPSA) is 58.1 Å². The second kappa shape index (κ2) is 10.2. The molecule has 2 aromatic carbocycles. The molecular formula is C23H27ClN4O. The molecule has 5 nitrogen and oxygen atoms in total. The summed E-state index contributed by atoms with van der Waals surface area (Å²) in [7, 11) is 0. The van der Waals surface area contributed by atoms with Crippen molar-refractivity contribution in [2.75, 3.05) is 18.0 Å². The van der Waals surface area contributed by atoms with Crippen LogP contribution in [0.1, 0.15) is 38.1 Å². The zero-order valence-corrected chi connectivity index (χ0v) is 17.7. The molecule has 0 saturated carbocycles. The van der Waals surface area contributed by atoms with Gasteiger partial charge in [0, 0.05) is 42.9 Å². The summed E-state index contributed by atoms with van der Waals surface area (Å²) in [5, 5.41) is 4.62. The van der Waals surface area contributed by atoms with Crippen LogP contribution < -0.4 is 10.2 Å². The van der Waals surface area contributed by atoms with Crippen LogP contribution in [0.15, 0.2) is 48.5 Å². The number of amides is 1. The monoisotopic (exact) mass is 410 g/mol. The Kier molecular flexibility index (Phi) is 7.42. The summed E-state index contributed by atoms with van der Waals surface area (Å²) < 4.78 is 0. The molecule has 1 heterocycles. The van der Waals surface area contributed by atoms with Gasteiger partial charge in [0.1, 0.15) is 11.6 Å². The van der Waals surface area contributed by atoms with Crippen molar-refractivity contribution in [1.29, 1.82) is 0 Å². The molecule has 0 bridgehead atoms. The van der Waals surface area contributed by atoms with E-state index in [1.165, 1.54) is 0 Å². The maximum Gasteiger partial charge on any atom is 0.222 e. The average molecular weight is 411 g/mol. The zero-order valence-electron chi connectivity index (χ0n) is 17.0. The van der Waals surface area contributed by atoms with Crippen molar-refractivity contribution in [2.45, 2.75) is 39.7 Å². The number of carbonyl (C=O) groups is 1. The lowest BCUT2D eigenvalue weighted by atomic mass is 10.2. The Hall–Kier alpha value is -2.66. The summed E-state index contributed by atoms with van der Waals surface area (Å²) in [5.74, 6) is 1.69. The van der Waals surface area contributed by atoms with Crippen LogP contribution in [0, 0.1) is 0 Å². The van der Waals surface area contributed by atoms with Gasteiger partial charge in [-0.1, -0.05) is 55.8 Å². The summed E-state index contributed by atoms with van der Waals surface area (Å²) in [6.07, 6.45) is 2.12. The van der Waals surface area contributed by atoms with Gasteiger partial charge in [0.25, 0.3) is 0 Å². The van der Waals surface area contributed by atoms with Gasteiger partial charge in [0.15, 0.2) is 0 Å². The highest BCUT2D eigenvalue weighted by Gasteiger charge is 2.15. The minimum atomic E-state index is 0.0343. The van der Waals surface area contributed by atoms with Crippen LogP contribution in [0.2, 0.25) is 5.02 Å². The van der Waals surface area contributed by atoms with E-state index in [0.717, 1.165) is 47.5 Å². The molecule has 29 heavy (non-hydrogen) atoms. The molecule has 0 saturated heterocycles. The van der Waals surface area contributed by atoms with Crippen LogP contribution in [-0.4, -0.2) is 29.0 Å². The highest BCUT2D eigenvalue weighted by atomic mass is 35.5. The molecule has 1 N–H and O–H groups in total. The number of hydrogen-bond acceptors (Lipinski definition) is 4. The van der Waals surface area contributed by atoms with E-state index >= 15 is 0 Å². The maximum atomic E-state index is 12.4. The van der Waals surface area contributed by atoms with E-state index in [0.29, 0.717) is 24.5 Å². The molecular weight excluding hydrogens is 384 g/mol. The maximum absolute atomic E-state index is 12.4. The van der Waals surface area contributed by atoms with E-state index in [1.807, 2.05) is 55.5 Å². The minimum absolute atomic E-state index is 0.0343. The molecule has 0 spiro atoms. The fourth-order valence-electron chi connectivity index (χ4n) is 3.25. The lowest BCUT2D eigenvalue weighted by Gasteiger charge is -2.25. The van der Waals surface area contributed by atoms with Gasteiger partial charge in [-0.25, -0.2) is 9.97 Å². The number of nitrogens with zero attached hydrogens (tertiary/aromatic N) is 3. The zero-order chi connectivity index (χ0) is 20.6. The molecule has 3 rings (SSSR count). The first kappa shape index (κ1) is 21.1. The van der Waals surface area contributed by atoms with E-state index in [4.69, 9.17) is 16.6 Å². The standard InChI is InChI=1S/C23H27ClN4O/c1-3-13-28(14-12-22(29)25-16-17-8-6-5-7-9-17)23-19-11-10-18(24)15-20(19)26-21(4-2)27-23/h5-11,15H,3-4,12-14,16H2,1-2H3,(H,25,29). The molecule has 1 amide bonds. The van der Waals surface area contributed by atoms with Crippen LogP contribution >= 0.6 is 11.6 Å². The number of rotatable bonds is 9. The van der Waals surface area contributed by atoms with Crippen molar-refractivity contribution in [2.24, 2.45) is 0 Å². The Labute approximate surface area is 177 Å². The molecule has 0 aliphatic heterocycles. The van der Waals surface area contributed by atoms with Crippen molar-refractivity contribution < 1.29 is 4.79 Å². The van der Waals surface area contributed by atoms with Crippen molar-refractivity contribution in [1.82, 2.24) is 15.3 Å². The van der Waals surface area contributed by atoms with Crippen LogP contribution in [0.5, 0.6) is 0 Å². The van der Waals surface area contributed by atoms with Gasteiger partial charge in [-0.3, -0.25) is 4.79 Å². The van der Waals surface area contributed by atoms with Crippen molar-refractivity contribution >= 4 is 34.2 Å². The third-order valence-corrected chi connectivity index (χ3v) is 4.97. The molecule has 152 valence electrons. The normalized spacial score (nSPS) is 10.9. The average Bonchev–Trinajstić information content (AvgIpc) is 2.74. The third kappa shape index (κ3) is 5.67. The Bertz CT molecular complexity index is 962. The van der Waals surface area contributed by atoms with Crippen molar-refractivity contribution in [3.63, 3.8) is 0 Å². The number of aryl methyl sites for hydroxylation is 1. The molecule has 0 radical (unpaired) electrons.